The number of pyridine rings is 1. The third kappa shape index (κ3) is 2.89. The summed E-state index contributed by atoms with van der Waals surface area (Å²) in [5, 5.41) is 4.57. The van der Waals surface area contributed by atoms with Crippen molar-refractivity contribution < 1.29 is 14.3 Å². The Hall–Kier alpha value is -3.47. The molecule has 0 saturated carbocycles. The van der Waals surface area contributed by atoms with E-state index in [4.69, 9.17) is 9.72 Å². The number of benzene rings is 2. The summed E-state index contributed by atoms with van der Waals surface area (Å²) in [7, 11) is 1.37. The maximum atomic E-state index is 13.0. The summed E-state index contributed by atoms with van der Waals surface area (Å²) in [6.07, 6.45) is 2.29. The number of carbonyl (C=O) groups is 2. The van der Waals surface area contributed by atoms with E-state index in [2.05, 4.69) is 17.4 Å². The molecule has 150 valence electrons. The van der Waals surface area contributed by atoms with E-state index in [1.807, 2.05) is 31.2 Å². The van der Waals surface area contributed by atoms with Crippen LogP contribution in [0.3, 0.4) is 0 Å². The van der Waals surface area contributed by atoms with E-state index in [1.54, 1.807) is 12.1 Å². The quantitative estimate of drug-likeness (QED) is 0.622. The minimum atomic E-state index is -0.369. The zero-order chi connectivity index (χ0) is 20.8. The number of aromatic nitrogens is 1. The van der Waals surface area contributed by atoms with Crippen molar-refractivity contribution in [2.45, 2.75) is 32.1 Å². The Labute approximate surface area is 174 Å². The summed E-state index contributed by atoms with van der Waals surface area (Å²) in [5.41, 5.74) is 7.30. The minimum Gasteiger partial charge on any atom is -0.465 e. The fourth-order valence-corrected chi connectivity index (χ4v) is 4.65. The summed E-state index contributed by atoms with van der Waals surface area (Å²) in [6.45, 7) is 1.98. The monoisotopic (exact) mass is 398 g/mol. The van der Waals surface area contributed by atoms with Gasteiger partial charge in [-0.05, 0) is 61.2 Å². The highest BCUT2D eigenvalue weighted by atomic mass is 16.5. The van der Waals surface area contributed by atoms with Crippen molar-refractivity contribution in [3.63, 3.8) is 0 Å². The highest BCUT2D eigenvalue weighted by Crippen LogP contribution is 2.47. The molecule has 5 heteroatoms. The van der Waals surface area contributed by atoms with Crippen LogP contribution in [0.5, 0.6) is 0 Å². The molecule has 30 heavy (non-hydrogen) atoms. The first-order valence-electron chi connectivity index (χ1n) is 10.2. The number of nitrogens with one attached hydrogen (secondary N) is 1. The number of hydrogen-bond acceptors (Lipinski definition) is 5. The Morgan fingerprint density at radius 1 is 1.07 bits per heavy atom. The highest BCUT2D eigenvalue weighted by Gasteiger charge is 2.36. The first-order valence-corrected chi connectivity index (χ1v) is 10.2. The Morgan fingerprint density at radius 2 is 1.87 bits per heavy atom. The molecule has 1 aromatic heterocycles. The van der Waals surface area contributed by atoms with Gasteiger partial charge in [-0.25, -0.2) is 4.79 Å². The number of methoxy groups -OCH3 is 1. The molecule has 3 aromatic rings. The van der Waals surface area contributed by atoms with Gasteiger partial charge in [0, 0.05) is 40.4 Å². The Balaban J connectivity index is 1.75. The van der Waals surface area contributed by atoms with Crippen molar-refractivity contribution in [3.8, 4) is 0 Å². The van der Waals surface area contributed by atoms with Gasteiger partial charge in [-0.3, -0.25) is 9.78 Å². The predicted octanol–water partition coefficient (Wildman–Crippen LogP) is 4.89. The lowest BCUT2D eigenvalue weighted by Gasteiger charge is -2.35. The van der Waals surface area contributed by atoms with Crippen LogP contribution < -0.4 is 5.32 Å². The topological polar surface area (TPSA) is 68.3 Å². The molecule has 0 spiro atoms. The van der Waals surface area contributed by atoms with Crippen LogP contribution >= 0.6 is 0 Å². The van der Waals surface area contributed by atoms with E-state index in [0.717, 1.165) is 57.5 Å². The fourth-order valence-electron chi connectivity index (χ4n) is 4.65. The van der Waals surface area contributed by atoms with Crippen molar-refractivity contribution in [1.29, 1.82) is 0 Å². The van der Waals surface area contributed by atoms with Gasteiger partial charge in [-0.15, -0.1) is 0 Å². The van der Waals surface area contributed by atoms with Crippen LogP contribution in [0, 0.1) is 6.92 Å². The molecule has 1 atom stereocenters. The molecule has 1 aliphatic carbocycles. The average molecular weight is 398 g/mol. The van der Waals surface area contributed by atoms with Gasteiger partial charge < -0.3 is 10.1 Å². The molecule has 2 aliphatic rings. The van der Waals surface area contributed by atoms with Crippen molar-refractivity contribution >= 4 is 28.3 Å². The number of Topliss-reactive ketones (excluding diaryl/α,β-unsaturated/α-hetero) is 1. The predicted molar refractivity (Wildman–Crippen MR) is 116 cm³/mol. The van der Waals surface area contributed by atoms with Crippen LogP contribution in [0.1, 0.15) is 52.4 Å². The molecule has 5 rings (SSSR count). The molecule has 5 nitrogen and oxygen atoms in total. The molecule has 0 bridgehead atoms. The number of carbonyl (C=O) groups excluding carboxylic acids is 2. The lowest BCUT2D eigenvalue weighted by molar-refractivity contribution is -0.116. The smallest absolute Gasteiger partial charge is 0.337 e. The van der Waals surface area contributed by atoms with Crippen molar-refractivity contribution in [3.05, 3.63) is 82.2 Å². The van der Waals surface area contributed by atoms with Crippen LogP contribution in [0.2, 0.25) is 0 Å². The van der Waals surface area contributed by atoms with Gasteiger partial charge in [0.2, 0.25) is 0 Å². The van der Waals surface area contributed by atoms with Crippen LogP contribution in [-0.2, 0) is 9.53 Å². The number of ether oxygens (including phenoxy) is 1. The second-order valence-electron chi connectivity index (χ2n) is 7.89. The van der Waals surface area contributed by atoms with Gasteiger partial charge in [-0.1, -0.05) is 18.2 Å². The average Bonchev–Trinajstić information content (AvgIpc) is 2.77. The lowest BCUT2D eigenvalue weighted by Crippen LogP contribution is -2.27. The molecule has 0 unspecified atom stereocenters. The first kappa shape index (κ1) is 18.6. The molecule has 0 radical (unpaired) electrons. The minimum absolute atomic E-state index is 0.188. The number of esters is 1. The van der Waals surface area contributed by atoms with Gasteiger partial charge in [-0.2, -0.15) is 0 Å². The van der Waals surface area contributed by atoms with E-state index in [9.17, 15) is 9.59 Å². The zero-order valence-electron chi connectivity index (χ0n) is 17.0. The maximum Gasteiger partial charge on any atom is 0.337 e. The van der Waals surface area contributed by atoms with Crippen molar-refractivity contribution in [2.75, 3.05) is 12.4 Å². The number of nitrogens with zero attached hydrogens (tertiary/aromatic N) is 1. The third-order valence-electron chi connectivity index (χ3n) is 6.04. The fraction of sp³-hybridized carbons (Fsp3) is 0.240. The van der Waals surface area contributed by atoms with E-state index in [1.165, 1.54) is 7.11 Å². The van der Waals surface area contributed by atoms with Gasteiger partial charge in [0.1, 0.15) is 0 Å². The van der Waals surface area contributed by atoms with Crippen LogP contribution in [0.15, 0.2) is 59.8 Å². The number of anilines is 1. The summed E-state index contributed by atoms with van der Waals surface area (Å²) in [4.78, 5) is 29.6. The highest BCUT2D eigenvalue weighted by molar-refractivity contribution is 6.03. The molecule has 2 heterocycles. The van der Waals surface area contributed by atoms with Gasteiger partial charge >= 0.3 is 5.97 Å². The molecule has 1 N–H and O–H groups in total. The largest absolute Gasteiger partial charge is 0.465 e. The number of allylic oxidation sites excluding steroid dienone is 2. The van der Waals surface area contributed by atoms with Gasteiger partial charge in [0.25, 0.3) is 0 Å². The van der Waals surface area contributed by atoms with E-state index < -0.39 is 0 Å². The number of ketones is 1. The molecular formula is C25H22N2O3. The lowest BCUT2D eigenvalue weighted by atomic mass is 9.74. The van der Waals surface area contributed by atoms with Gasteiger partial charge in [0.05, 0.1) is 18.2 Å². The van der Waals surface area contributed by atoms with Crippen LogP contribution in [-0.4, -0.2) is 23.8 Å². The summed E-state index contributed by atoms with van der Waals surface area (Å²) >= 11 is 0. The Morgan fingerprint density at radius 3 is 2.63 bits per heavy atom. The molecule has 0 amide bonds. The molecule has 0 saturated heterocycles. The van der Waals surface area contributed by atoms with Crippen LogP contribution in [0.25, 0.3) is 10.9 Å². The Bertz CT molecular complexity index is 1230. The standard InChI is InChI=1S/C25H22N2O3/c1-14-6-11-17-18(26-14)12-13-20-23(17)22(24-19(27-20)4-3-5-21(24)28)15-7-9-16(10-8-15)25(29)30-2/h6-13,22,27H,3-5H2,1-2H3/t22-/m0/s1. The van der Waals surface area contributed by atoms with Crippen molar-refractivity contribution in [1.82, 2.24) is 4.98 Å². The summed E-state index contributed by atoms with van der Waals surface area (Å²) < 4.78 is 4.83. The van der Waals surface area contributed by atoms with Crippen molar-refractivity contribution in [2.24, 2.45) is 0 Å². The second kappa shape index (κ2) is 7.10. The summed E-state index contributed by atoms with van der Waals surface area (Å²) in [6, 6.07) is 15.6. The normalized spacial score (nSPS) is 17.9. The first-order chi connectivity index (χ1) is 14.6. The maximum absolute atomic E-state index is 13.0. The number of hydrogen-bond donors (Lipinski definition) is 1. The van der Waals surface area contributed by atoms with E-state index >= 15 is 0 Å². The number of fused-ring (bicyclic) bond motifs is 3. The number of rotatable bonds is 2. The SMILES string of the molecule is COC(=O)c1ccc([C@@H]2C3=C(CCCC3=O)Nc3ccc4nc(C)ccc4c32)cc1. The van der Waals surface area contributed by atoms with E-state index in [0.29, 0.717) is 12.0 Å². The Kier molecular flexibility index (Phi) is 4.39. The third-order valence-corrected chi connectivity index (χ3v) is 6.04. The van der Waals surface area contributed by atoms with Gasteiger partial charge in [0.15, 0.2) is 5.78 Å². The zero-order valence-corrected chi connectivity index (χ0v) is 17.0. The molecule has 0 fully saturated rings. The van der Waals surface area contributed by atoms with Crippen LogP contribution in [0.4, 0.5) is 5.69 Å². The second-order valence-corrected chi connectivity index (χ2v) is 7.89. The molecule has 1 aliphatic heterocycles. The van der Waals surface area contributed by atoms with E-state index in [-0.39, 0.29) is 17.7 Å². The summed E-state index contributed by atoms with van der Waals surface area (Å²) in [5.74, 6) is -0.372. The molecule has 2 aromatic carbocycles. The molecular weight excluding hydrogens is 376 g/mol. The number of aryl methyl sites for hydroxylation is 1.